The molecule has 6 atom stereocenters. The summed E-state index contributed by atoms with van der Waals surface area (Å²) in [6, 6.07) is -0.0540. The van der Waals surface area contributed by atoms with Gasteiger partial charge in [-0.2, -0.15) is 11.8 Å². The van der Waals surface area contributed by atoms with Crippen LogP contribution in [0.15, 0.2) is 10.6 Å². The van der Waals surface area contributed by atoms with Crippen LogP contribution < -0.4 is 11.1 Å². The molecule has 14 heteroatoms. The highest BCUT2D eigenvalue weighted by molar-refractivity contribution is 8.03. The van der Waals surface area contributed by atoms with Crippen molar-refractivity contribution in [2.45, 2.75) is 69.4 Å². The number of likely N-dealkylation sites (tertiary alicyclic amines) is 1. The number of hydrogen-bond acceptors (Lipinski definition) is 10. The molecule has 230 valence electrons. The van der Waals surface area contributed by atoms with E-state index in [1.165, 1.54) is 11.3 Å². The quantitative estimate of drug-likeness (QED) is 0.164. The van der Waals surface area contributed by atoms with E-state index in [4.69, 9.17) is 10.5 Å². The number of hydrogen-bond donors (Lipinski definition) is 4. The van der Waals surface area contributed by atoms with Gasteiger partial charge in [-0.05, 0) is 39.3 Å². The van der Waals surface area contributed by atoms with Crippen molar-refractivity contribution in [3.63, 3.8) is 0 Å². The Bertz CT molecular complexity index is 1020. The zero-order valence-corrected chi connectivity index (χ0v) is 25.5. The van der Waals surface area contributed by atoms with Gasteiger partial charge in [0.15, 0.2) is 0 Å². The minimum Gasteiger partial charge on any atom is -0.477 e. The zero-order chi connectivity index (χ0) is 29.7. The maximum atomic E-state index is 13.0. The Morgan fingerprint density at radius 1 is 1.24 bits per heavy atom. The second kappa shape index (κ2) is 14.5. The minimum atomic E-state index is -1.10. The summed E-state index contributed by atoms with van der Waals surface area (Å²) in [4.78, 5) is 54.7. The number of nitrogens with two attached hydrogens (primary N) is 1. The first kappa shape index (κ1) is 31.9. The van der Waals surface area contributed by atoms with E-state index in [-0.39, 0.29) is 47.4 Å². The number of nitrogens with zero attached hydrogens (tertiary/aromatic N) is 3. The Morgan fingerprint density at radius 2 is 1.98 bits per heavy atom. The van der Waals surface area contributed by atoms with Crippen molar-refractivity contribution in [1.82, 2.24) is 20.0 Å². The molecule has 3 amide bonds. The van der Waals surface area contributed by atoms with Crippen molar-refractivity contribution in [2.24, 2.45) is 17.6 Å². The van der Waals surface area contributed by atoms with Crippen molar-refractivity contribution >= 4 is 47.4 Å². The lowest BCUT2D eigenvalue weighted by Gasteiger charge is -2.46. The highest BCUT2D eigenvalue weighted by Crippen LogP contribution is 2.51. The zero-order valence-electron chi connectivity index (χ0n) is 23.8. The van der Waals surface area contributed by atoms with Gasteiger partial charge in [0.05, 0.1) is 31.3 Å². The maximum Gasteiger partial charge on any atom is 0.404 e. The standard InChI is InChI=1S/C27H43N5O7S2/c1-16-22-21(17(2)33)25(35)32(22)23(26(36)37)24(16)41-19-12-18(29-13-19)14-40-11-6-20(34)31(9-10-39-27(28)38)15-30-7-4-3-5-8-30/h16-19,21-22,29,33H,3-15H2,1-2H3,(H2,28,38)(H,36,37)/t16-,17-,18+,19+,21-,22-/m1/s1. The molecule has 0 aromatic rings. The predicted octanol–water partition coefficient (Wildman–Crippen LogP) is 1.09. The van der Waals surface area contributed by atoms with Gasteiger partial charge >= 0.3 is 12.1 Å². The molecule has 3 saturated heterocycles. The number of carboxylic acids is 1. The molecule has 0 aromatic carbocycles. The Morgan fingerprint density at radius 3 is 2.63 bits per heavy atom. The molecule has 3 fully saturated rings. The lowest BCUT2D eigenvalue weighted by Crippen LogP contribution is -2.63. The number of aliphatic hydroxyl groups excluding tert-OH is 1. The molecule has 4 aliphatic rings. The fraction of sp³-hybridized carbons (Fsp3) is 0.778. The van der Waals surface area contributed by atoms with Crippen LogP contribution in [0.3, 0.4) is 0 Å². The molecular weight excluding hydrogens is 570 g/mol. The number of primary amides is 1. The van der Waals surface area contributed by atoms with Crippen molar-refractivity contribution in [1.29, 1.82) is 0 Å². The SMILES string of the molecule is C[C@@H](O)[C@H]1C(=O)N2C(C(=O)O)=C(S[C@@H]3CN[C@H](CSCCC(=O)N(CCOC(N)=O)CN4CCCCC4)C3)[C@H](C)[C@H]12. The lowest BCUT2D eigenvalue weighted by molar-refractivity contribution is -0.163. The summed E-state index contributed by atoms with van der Waals surface area (Å²) in [6.45, 7) is 7.11. The molecule has 12 nitrogen and oxygen atoms in total. The number of piperidine rings is 1. The van der Waals surface area contributed by atoms with E-state index in [1.54, 1.807) is 35.3 Å². The summed E-state index contributed by atoms with van der Waals surface area (Å²) in [5.41, 5.74) is 5.15. The number of aliphatic hydroxyl groups is 1. The van der Waals surface area contributed by atoms with Crippen molar-refractivity contribution in [2.75, 3.05) is 51.0 Å². The first-order valence-electron chi connectivity index (χ1n) is 14.5. The van der Waals surface area contributed by atoms with E-state index < -0.39 is 24.1 Å². The molecule has 5 N–H and O–H groups in total. The summed E-state index contributed by atoms with van der Waals surface area (Å²) in [5.74, 6) is -0.569. The second-order valence-corrected chi connectivity index (χ2v) is 13.8. The van der Waals surface area contributed by atoms with Gasteiger partial charge in [-0.1, -0.05) is 13.3 Å². The minimum absolute atomic E-state index is 0.0296. The number of rotatable bonds is 14. The number of thioether (sulfide) groups is 2. The average Bonchev–Trinajstić information content (AvgIpc) is 3.46. The van der Waals surface area contributed by atoms with Crippen molar-refractivity contribution in [3.8, 4) is 0 Å². The average molecular weight is 614 g/mol. The number of aliphatic carboxylic acids is 1. The second-order valence-electron chi connectivity index (χ2n) is 11.3. The van der Waals surface area contributed by atoms with Crippen molar-refractivity contribution < 1.29 is 34.1 Å². The number of carbonyl (C=O) groups excluding carboxylic acids is 3. The summed E-state index contributed by atoms with van der Waals surface area (Å²) in [6.07, 6.45) is 3.05. The van der Waals surface area contributed by atoms with Gasteiger partial charge in [-0.25, -0.2) is 9.59 Å². The topological polar surface area (TPSA) is 166 Å². The molecule has 0 unspecified atom stereocenters. The van der Waals surface area contributed by atoms with Gasteiger partial charge in [0.25, 0.3) is 0 Å². The monoisotopic (exact) mass is 613 g/mol. The summed E-state index contributed by atoms with van der Waals surface area (Å²) >= 11 is 3.25. The first-order valence-corrected chi connectivity index (χ1v) is 16.5. The molecular formula is C27H43N5O7S2. The Kier molecular flexibility index (Phi) is 11.3. The molecule has 0 aliphatic carbocycles. The van der Waals surface area contributed by atoms with Crippen LogP contribution in [0, 0.1) is 11.8 Å². The lowest BCUT2D eigenvalue weighted by atomic mass is 9.79. The molecule has 0 bridgehead atoms. The van der Waals surface area contributed by atoms with Crippen LogP contribution in [0.2, 0.25) is 0 Å². The highest BCUT2D eigenvalue weighted by Gasteiger charge is 2.60. The fourth-order valence-corrected chi connectivity index (χ4v) is 8.82. The molecule has 4 heterocycles. The van der Waals surface area contributed by atoms with E-state index in [0.29, 0.717) is 25.4 Å². The number of nitrogens with one attached hydrogen (secondary N) is 1. The van der Waals surface area contributed by atoms with Gasteiger partial charge in [0, 0.05) is 46.6 Å². The number of carbonyl (C=O) groups is 4. The van der Waals surface area contributed by atoms with Gasteiger partial charge < -0.3 is 35.8 Å². The van der Waals surface area contributed by atoms with E-state index in [1.807, 2.05) is 6.92 Å². The summed E-state index contributed by atoms with van der Waals surface area (Å²) in [5, 5.41) is 23.6. The van der Waals surface area contributed by atoms with Gasteiger partial charge in [-0.3, -0.25) is 14.5 Å². The predicted molar refractivity (Wildman–Crippen MR) is 157 cm³/mol. The fourth-order valence-electron chi connectivity index (χ4n) is 6.27. The van der Waals surface area contributed by atoms with Crippen LogP contribution in [0.25, 0.3) is 0 Å². The van der Waals surface area contributed by atoms with E-state index in [9.17, 15) is 29.4 Å². The third-order valence-corrected chi connectivity index (χ3v) is 11.0. The molecule has 4 aliphatic heterocycles. The number of amides is 3. The molecule has 0 aromatic heterocycles. The number of carboxylic acid groups (broad SMARTS) is 1. The number of β-lactam (4-membered cyclic amide) rings is 1. The third-order valence-electron chi connectivity index (χ3n) is 8.34. The smallest absolute Gasteiger partial charge is 0.404 e. The largest absolute Gasteiger partial charge is 0.477 e. The molecule has 4 rings (SSSR count). The van der Waals surface area contributed by atoms with Crippen LogP contribution in [0.4, 0.5) is 4.79 Å². The Labute approximate surface area is 249 Å². The van der Waals surface area contributed by atoms with Crippen LogP contribution in [-0.4, -0.2) is 123 Å². The number of fused-ring (bicyclic) bond motifs is 1. The van der Waals surface area contributed by atoms with Crippen LogP contribution in [0.5, 0.6) is 0 Å². The van der Waals surface area contributed by atoms with E-state index in [2.05, 4.69) is 10.2 Å². The first-order chi connectivity index (χ1) is 19.6. The highest BCUT2D eigenvalue weighted by atomic mass is 32.2. The summed E-state index contributed by atoms with van der Waals surface area (Å²) in [7, 11) is 0. The maximum absolute atomic E-state index is 13.0. The Balaban J connectivity index is 1.22. The molecule has 41 heavy (non-hydrogen) atoms. The normalized spacial score (nSPS) is 28.8. The molecule has 0 saturated carbocycles. The van der Waals surface area contributed by atoms with Gasteiger partial charge in [0.1, 0.15) is 12.3 Å². The van der Waals surface area contributed by atoms with Crippen molar-refractivity contribution in [3.05, 3.63) is 10.6 Å². The molecule has 0 radical (unpaired) electrons. The van der Waals surface area contributed by atoms with E-state index >= 15 is 0 Å². The third kappa shape index (κ3) is 7.70. The van der Waals surface area contributed by atoms with Gasteiger partial charge in [-0.15, -0.1) is 11.8 Å². The summed E-state index contributed by atoms with van der Waals surface area (Å²) < 4.78 is 4.87. The Hall–Kier alpha value is -2.00. The molecule has 0 spiro atoms. The van der Waals surface area contributed by atoms with Crippen LogP contribution in [0.1, 0.15) is 46.0 Å². The van der Waals surface area contributed by atoms with Gasteiger partial charge in [0.2, 0.25) is 11.8 Å². The van der Waals surface area contributed by atoms with Crippen LogP contribution >= 0.6 is 23.5 Å². The van der Waals surface area contributed by atoms with E-state index in [0.717, 1.165) is 49.6 Å². The number of ether oxygens (including phenoxy) is 1. The van der Waals surface area contributed by atoms with Crippen LogP contribution in [-0.2, 0) is 19.1 Å².